The van der Waals surface area contributed by atoms with Gasteiger partial charge >= 0.3 is 0 Å². The molecule has 0 saturated carbocycles. The van der Waals surface area contributed by atoms with Crippen LogP contribution in [-0.4, -0.2) is 28.1 Å². The van der Waals surface area contributed by atoms with Crippen LogP contribution in [0.3, 0.4) is 0 Å². The van der Waals surface area contributed by atoms with Crippen molar-refractivity contribution in [1.29, 1.82) is 0 Å². The molecule has 0 radical (unpaired) electrons. The van der Waals surface area contributed by atoms with E-state index >= 15 is 0 Å². The predicted molar refractivity (Wildman–Crippen MR) is 58.7 cm³/mol. The molecule has 1 rings (SSSR count). The highest BCUT2D eigenvalue weighted by molar-refractivity contribution is 5.92. The van der Waals surface area contributed by atoms with Gasteiger partial charge in [-0.1, -0.05) is 6.92 Å². The summed E-state index contributed by atoms with van der Waals surface area (Å²) in [7, 11) is 0. The Labute approximate surface area is 89.7 Å². The minimum absolute atomic E-state index is 0.0787. The molecular formula is C11H18N2O2. The molecule has 1 unspecified atom stereocenters. The molecule has 0 aliphatic rings. The van der Waals surface area contributed by atoms with Gasteiger partial charge in [0.2, 0.25) is 0 Å². The third-order valence-corrected chi connectivity index (χ3v) is 2.70. The lowest BCUT2D eigenvalue weighted by Gasteiger charge is -2.28. The number of aromatic nitrogens is 1. The van der Waals surface area contributed by atoms with Crippen molar-refractivity contribution in [1.82, 2.24) is 10.3 Å². The number of carbonyl (C=O) groups is 1. The Balaban J connectivity index is 2.63. The molecular weight excluding hydrogens is 192 g/mol. The van der Waals surface area contributed by atoms with Crippen LogP contribution in [0.25, 0.3) is 0 Å². The van der Waals surface area contributed by atoms with E-state index in [1.807, 2.05) is 13.8 Å². The van der Waals surface area contributed by atoms with Crippen molar-refractivity contribution >= 4 is 5.91 Å². The van der Waals surface area contributed by atoms with Crippen molar-refractivity contribution in [2.75, 3.05) is 6.61 Å². The lowest BCUT2D eigenvalue weighted by atomic mass is 9.95. The van der Waals surface area contributed by atoms with Crippen LogP contribution >= 0.6 is 0 Å². The molecule has 0 aliphatic heterocycles. The zero-order valence-electron chi connectivity index (χ0n) is 9.21. The van der Waals surface area contributed by atoms with Crippen molar-refractivity contribution in [3.05, 3.63) is 24.0 Å². The number of hydrogen-bond acceptors (Lipinski definition) is 2. The van der Waals surface area contributed by atoms with Gasteiger partial charge < -0.3 is 15.4 Å². The van der Waals surface area contributed by atoms with E-state index in [9.17, 15) is 4.79 Å². The smallest absolute Gasteiger partial charge is 0.268 e. The lowest BCUT2D eigenvalue weighted by molar-refractivity contribution is 0.0881. The van der Waals surface area contributed by atoms with Crippen LogP contribution in [0.4, 0.5) is 0 Å². The Hall–Kier alpha value is -1.29. The van der Waals surface area contributed by atoms with Gasteiger partial charge in [0.05, 0.1) is 0 Å². The highest BCUT2D eigenvalue weighted by Crippen LogP contribution is 2.14. The second-order valence-corrected chi connectivity index (χ2v) is 3.93. The summed E-state index contributed by atoms with van der Waals surface area (Å²) in [5.41, 5.74) is 0.212. The molecule has 3 N–H and O–H groups in total. The lowest BCUT2D eigenvalue weighted by Crippen LogP contribution is -2.46. The van der Waals surface area contributed by atoms with Gasteiger partial charge in [0, 0.05) is 18.3 Å². The molecule has 1 heterocycles. The Morgan fingerprint density at radius 3 is 2.87 bits per heavy atom. The number of carbonyl (C=O) groups excluding carboxylic acids is 1. The number of rotatable bonds is 5. The number of nitrogens with one attached hydrogen (secondary N) is 2. The van der Waals surface area contributed by atoms with Crippen LogP contribution in [0.15, 0.2) is 18.3 Å². The fraction of sp³-hybridized carbons (Fsp3) is 0.545. The summed E-state index contributed by atoms with van der Waals surface area (Å²) in [4.78, 5) is 14.6. The maximum Gasteiger partial charge on any atom is 0.268 e. The first kappa shape index (κ1) is 11.8. The fourth-order valence-corrected chi connectivity index (χ4v) is 1.39. The first-order chi connectivity index (χ1) is 7.11. The van der Waals surface area contributed by atoms with Crippen LogP contribution in [0.2, 0.25) is 0 Å². The Kier molecular flexibility index (Phi) is 3.91. The summed E-state index contributed by atoms with van der Waals surface area (Å²) in [5.74, 6) is -0.127. The van der Waals surface area contributed by atoms with Crippen LogP contribution in [-0.2, 0) is 0 Å². The second kappa shape index (κ2) is 4.98. The molecule has 84 valence electrons. The maximum absolute atomic E-state index is 11.7. The predicted octanol–water partition coefficient (Wildman–Crippen LogP) is 1.30. The molecule has 1 atom stereocenters. The van der Waals surface area contributed by atoms with Crippen molar-refractivity contribution in [3.63, 3.8) is 0 Å². The third-order valence-electron chi connectivity index (χ3n) is 2.70. The Morgan fingerprint density at radius 2 is 2.40 bits per heavy atom. The number of amides is 1. The van der Waals surface area contributed by atoms with Crippen molar-refractivity contribution in [3.8, 4) is 0 Å². The van der Waals surface area contributed by atoms with E-state index in [0.717, 1.165) is 6.42 Å². The van der Waals surface area contributed by atoms with E-state index in [1.165, 1.54) is 0 Å². The molecule has 15 heavy (non-hydrogen) atoms. The van der Waals surface area contributed by atoms with Gasteiger partial charge in [-0.15, -0.1) is 0 Å². The number of hydrogen-bond donors (Lipinski definition) is 3. The largest absolute Gasteiger partial charge is 0.396 e. The van der Waals surface area contributed by atoms with Crippen molar-refractivity contribution in [2.24, 2.45) is 0 Å². The van der Waals surface area contributed by atoms with Crippen LogP contribution in [0.5, 0.6) is 0 Å². The standard InChI is InChI=1S/C11H18N2O2/c1-3-11(2,6-8-14)13-10(15)9-5-4-7-12-9/h4-5,7,12,14H,3,6,8H2,1-2H3,(H,13,15). The molecule has 0 bridgehead atoms. The second-order valence-electron chi connectivity index (χ2n) is 3.93. The third kappa shape index (κ3) is 3.09. The Bertz CT molecular complexity index is 308. The number of aliphatic hydroxyl groups excluding tert-OH is 1. The van der Waals surface area contributed by atoms with Crippen LogP contribution < -0.4 is 5.32 Å². The van der Waals surface area contributed by atoms with Crippen molar-refractivity contribution in [2.45, 2.75) is 32.2 Å². The highest BCUT2D eigenvalue weighted by Gasteiger charge is 2.24. The first-order valence-electron chi connectivity index (χ1n) is 5.18. The zero-order chi connectivity index (χ0) is 11.3. The summed E-state index contributed by atoms with van der Waals surface area (Å²) in [6, 6.07) is 3.51. The van der Waals surface area contributed by atoms with Gasteiger partial charge in [0.1, 0.15) is 5.69 Å². The van der Waals surface area contributed by atoms with Gasteiger partial charge in [-0.3, -0.25) is 4.79 Å². The SMILES string of the molecule is CCC(C)(CCO)NC(=O)c1ccc[nH]1. The number of aliphatic hydroxyl groups is 1. The van der Waals surface area contributed by atoms with E-state index in [-0.39, 0.29) is 18.1 Å². The summed E-state index contributed by atoms with van der Waals surface area (Å²) < 4.78 is 0. The molecule has 0 spiro atoms. The van der Waals surface area contributed by atoms with E-state index in [0.29, 0.717) is 12.1 Å². The molecule has 4 heteroatoms. The molecule has 0 saturated heterocycles. The molecule has 0 fully saturated rings. The quantitative estimate of drug-likeness (QED) is 0.685. The highest BCUT2D eigenvalue weighted by atomic mass is 16.3. The zero-order valence-corrected chi connectivity index (χ0v) is 9.21. The topological polar surface area (TPSA) is 65.1 Å². The minimum atomic E-state index is -0.336. The Morgan fingerprint density at radius 1 is 1.67 bits per heavy atom. The van der Waals surface area contributed by atoms with Gasteiger partial charge in [-0.05, 0) is 31.9 Å². The average Bonchev–Trinajstić information content (AvgIpc) is 2.71. The molecule has 1 aromatic rings. The number of aromatic amines is 1. The van der Waals surface area contributed by atoms with Crippen LogP contribution in [0, 0.1) is 0 Å². The van der Waals surface area contributed by atoms with Gasteiger partial charge in [-0.2, -0.15) is 0 Å². The first-order valence-corrected chi connectivity index (χ1v) is 5.18. The van der Waals surface area contributed by atoms with Gasteiger partial charge in [0.15, 0.2) is 0 Å². The summed E-state index contributed by atoms with van der Waals surface area (Å²) >= 11 is 0. The van der Waals surface area contributed by atoms with Gasteiger partial charge in [0.25, 0.3) is 5.91 Å². The fourth-order valence-electron chi connectivity index (χ4n) is 1.39. The molecule has 0 aromatic carbocycles. The average molecular weight is 210 g/mol. The van der Waals surface area contributed by atoms with E-state index in [4.69, 9.17) is 5.11 Å². The molecule has 0 aliphatic carbocycles. The molecule has 1 aromatic heterocycles. The van der Waals surface area contributed by atoms with Crippen LogP contribution in [0.1, 0.15) is 37.2 Å². The van der Waals surface area contributed by atoms with Gasteiger partial charge in [-0.25, -0.2) is 0 Å². The molecule has 4 nitrogen and oxygen atoms in total. The number of H-pyrrole nitrogens is 1. The van der Waals surface area contributed by atoms with Crippen molar-refractivity contribution < 1.29 is 9.90 Å². The maximum atomic E-state index is 11.7. The summed E-state index contributed by atoms with van der Waals surface area (Å²) in [6.07, 6.45) is 3.07. The summed E-state index contributed by atoms with van der Waals surface area (Å²) in [6.45, 7) is 4.00. The van der Waals surface area contributed by atoms with E-state index < -0.39 is 0 Å². The minimum Gasteiger partial charge on any atom is -0.396 e. The summed E-state index contributed by atoms with van der Waals surface area (Å²) in [5, 5.41) is 11.8. The monoisotopic (exact) mass is 210 g/mol. The normalized spacial score (nSPS) is 14.6. The molecule has 1 amide bonds. The van der Waals surface area contributed by atoms with E-state index in [1.54, 1.807) is 18.3 Å². The van der Waals surface area contributed by atoms with E-state index in [2.05, 4.69) is 10.3 Å².